The fourth-order valence-corrected chi connectivity index (χ4v) is 3.68. The van der Waals surface area contributed by atoms with E-state index < -0.39 is 12.0 Å². The second kappa shape index (κ2) is 12.6. The van der Waals surface area contributed by atoms with E-state index in [-0.39, 0.29) is 24.8 Å². The van der Waals surface area contributed by atoms with E-state index in [1.54, 1.807) is 24.3 Å². The Hall–Kier alpha value is -3.35. The standard InChI is InChI=1S/C26H32N2O5/c1-2-3-17-32-22-13-11-21(12-14-22)26(31)28-16-15-27-25(30)23(28)19-24(29)33-18-7-10-20-8-5-4-6-9-20/h4-6,8-9,11-14,23H,2-3,7,10,15-19H2,1H3,(H,27,30)/t23-/m1/s1. The van der Waals surface area contributed by atoms with Crippen LogP contribution in [0, 0.1) is 0 Å². The molecule has 1 heterocycles. The summed E-state index contributed by atoms with van der Waals surface area (Å²) in [5, 5.41) is 2.74. The van der Waals surface area contributed by atoms with E-state index in [9.17, 15) is 14.4 Å². The number of rotatable bonds is 11. The maximum Gasteiger partial charge on any atom is 0.308 e. The van der Waals surface area contributed by atoms with Crippen molar-refractivity contribution in [2.45, 2.75) is 45.1 Å². The molecule has 7 heteroatoms. The summed E-state index contributed by atoms with van der Waals surface area (Å²) < 4.78 is 11.0. The molecule has 1 atom stereocenters. The molecule has 33 heavy (non-hydrogen) atoms. The first-order valence-corrected chi connectivity index (χ1v) is 11.6. The quantitative estimate of drug-likeness (QED) is 0.417. The fraction of sp³-hybridized carbons (Fsp3) is 0.423. The van der Waals surface area contributed by atoms with Gasteiger partial charge in [-0.1, -0.05) is 43.7 Å². The van der Waals surface area contributed by atoms with Crippen LogP contribution in [-0.2, 0) is 20.7 Å². The third-order valence-electron chi connectivity index (χ3n) is 5.54. The average molecular weight is 453 g/mol. The van der Waals surface area contributed by atoms with Crippen molar-refractivity contribution in [2.75, 3.05) is 26.3 Å². The molecule has 0 radical (unpaired) electrons. The van der Waals surface area contributed by atoms with Gasteiger partial charge in [-0.05, 0) is 49.1 Å². The Morgan fingerprint density at radius 3 is 2.52 bits per heavy atom. The van der Waals surface area contributed by atoms with Gasteiger partial charge in [0.05, 0.1) is 19.6 Å². The van der Waals surface area contributed by atoms with E-state index in [4.69, 9.17) is 9.47 Å². The summed E-state index contributed by atoms with van der Waals surface area (Å²) in [6.07, 6.45) is 3.35. The largest absolute Gasteiger partial charge is 0.494 e. The Kier molecular flexibility index (Phi) is 9.30. The van der Waals surface area contributed by atoms with Crippen LogP contribution in [0.15, 0.2) is 54.6 Å². The number of hydrogen-bond acceptors (Lipinski definition) is 5. The number of carbonyl (C=O) groups is 3. The van der Waals surface area contributed by atoms with Crippen LogP contribution in [0.3, 0.4) is 0 Å². The van der Waals surface area contributed by atoms with Crippen molar-refractivity contribution in [1.82, 2.24) is 10.2 Å². The Morgan fingerprint density at radius 2 is 1.79 bits per heavy atom. The topological polar surface area (TPSA) is 84.9 Å². The van der Waals surface area contributed by atoms with Crippen LogP contribution in [0.25, 0.3) is 0 Å². The SMILES string of the molecule is CCCCOc1ccc(C(=O)N2CCNC(=O)[C@H]2CC(=O)OCCCc2ccccc2)cc1. The van der Waals surface area contributed by atoms with Crippen molar-refractivity contribution in [3.05, 3.63) is 65.7 Å². The smallest absolute Gasteiger partial charge is 0.308 e. The average Bonchev–Trinajstić information content (AvgIpc) is 2.84. The van der Waals surface area contributed by atoms with Gasteiger partial charge in [-0.25, -0.2) is 0 Å². The number of amides is 2. The first-order chi connectivity index (χ1) is 16.1. The van der Waals surface area contributed by atoms with Crippen LogP contribution < -0.4 is 10.1 Å². The van der Waals surface area contributed by atoms with E-state index in [0.29, 0.717) is 37.4 Å². The van der Waals surface area contributed by atoms with E-state index in [2.05, 4.69) is 12.2 Å². The Labute approximate surface area is 195 Å². The molecule has 1 fully saturated rings. The van der Waals surface area contributed by atoms with Crippen molar-refractivity contribution >= 4 is 17.8 Å². The minimum Gasteiger partial charge on any atom is -0.494 e. The van der Waals surface area contributed by atoms with Gasteiger partial charge in [-0.2, -0.15) is 0 Å². The molecule has 0 unspecified atom stereocenters. The summed E-state index contributed by atoms with van der Waals surface area (Å²) in [5.41, 5.74) is 1.63. The second-order valence-corrected chi connectivity index (χ2v) is 8.05. The Bertz CT molecular complexity index is 914. The first-order valence-electron chi connectivity index (χ1n) is 11.6. The molecule has 0 aromatic heterocycles. The highest BCUT2D eigenvalue weighted by atomic mass is 16.5. The minimum atomic E-state index is -0.881. The second-order valence-electron chi connectivity index (χ2n) is 8.05. The molecule has 176 valence electrons. The maximum atomic E-state index is 13.1. The van der Waals surface area contributed by atoms with Gasteiger partial charge in [0.15, 0.2) is 0 Å². The van der Waals surface area contributed by atoms with Gasteiger partial charge in [-0.15, -0.1) is 0 Å². The first kappa shape index (κ1) is 24.3. The molecule has 1 aliphatic rings. The lowest BCUT2D eigenvalue weighted by atomic mass is 10.1. The zero-order valence-electron chi connectivity index (χ0n) is 19.1. The molecule has 7 nitrogen and oxygen atoms in total. The number of hydrogen-bond donors (Lipinski definition) is 1. The lowest BCUT2D eigenvalue weighted by molar-refractivity contribution is -0.147. The molecule has 2 amide bonds. The lowest BCUT2D eigenvalue weighted by Crippen LogP contribution is -2.57. The van der Waals surface area contributed by atoms with Crippen molar-refractivity contribution in [3.8, 4) is 5.75 Å². The normalized spacial score (nSPS) is 15.6. The minimum absolute atomic E-state index is 0.166. The molecule has 1 N–H and O–H groups in total. The van der Waals surface area contributed by atoms with Gasteiger partial charge in [0, 0.05) is 18.7 Å². The number of esters is 1. The number of aryl methyl sites for hydroxylation is 1. The zero-order chi connectivity index (χ0) is 23.5. The molecule has 0 saturated carbocycles. The number of ether oxygens (including phenoxy) is 2. The van der Waals surface area contributed by atoms with Crippen LogP contribution in [0.2, 0.25) is 0 Å². The van der Waals surface area contributed by atoms with Gasteiger partial charge in [0.1, 0.15) is 11.8 Å². The number of benzene rings is 2. The van der Waals surface area contributed by atoms with Crippen LogP contribution in [-0.4, -0.2) is 55.0 Å². The van der Waals surface area contributed by atoms with Gasteiger partial charge in [0.2, 0.25) is 5.91 Å². The predicted molar refractivity (Wildman–Crippen MR) is 125 cm³/mol. The van der Waals surface area contributed by atoms with E-state index in [1.165, 1.54) is 10.5 Å². The van der Waals surface area contributed by atoms with Crippen LogP contribution in [0.5, 0.6) is 5.75 Å². The lowest BCUT2D eigenvalue weighted by Gasteiger charge is -2.34. The van der Waals surface area contributed by atoms with Crippen molar-refractivity contribution in [3.63, 3.8) is 0 Å². The molecule has 0 aliphatic carbocycles. The number of nitrogens with zero attached hydrogens (tertiary/aromatic N) is 1. The van der Waals surface area contributed by atoms with Gasteiger partial charge >= 0.3 is 5.97 Å². The van der Waals surface area contributed by atoms with Crippen LogP contribution in [0.4, 0.5) is 0 Å². The summed E-state index contributed by atoms with van der Waals surface area (Å²) in [7, 11) is 0. The molecular formula is C26H32N2O5. The number of unbranched alkanes of at least 4 members (excludes halogenated alkanes) is 1. The number of nitrogens with one attached hydrogen (secondary N) is 1. The fourth-order valence-electron chi connectivity index (χ4n) is 3.68. The van der Waals surface area contributed by atoms with Gasteiger partial charge in [-0.3, -0.25) is 14.4 Å². The summed E-state index contributed by atoms with van der Waals surface area (Å²) in [6, 6.07) is 16.0. The molecule has 1 aliphatic heterocycles. The van der Waals surface area contributed by atoms with Crippen molar-refractivity contribution in [1.29, 1.82) is 0 Å². The summed E-state index contributed by atoms with van der Waals surface area (Å²) in [4.78, 5) is 39.4. The molecule has 1 saturated heterocycles. The zero-order valence-corrected chi connectivity index (χ0v) is 19.1. The van der Waals surface area contributed by atoms with E-state index >= 15 is 0 Å². The highest BCUT2D eigenvalue weighted by Gasteiger charge is 2.35. The Morgan fingerprint density at radius 1 is 1.03 bits per heavy atom. The third-order valence-corrected chi connectivity index (χ3v) is 5.54. The third kappa shape index (κ3) is 7.34. The molecule has 3 rings (SSSR count). The molecule has 2 aromatic rings. The molecule has 2 aromatic carbocycles. The van der Waals surface area contributed by atoms with Gasteiger partial charge in [0.25, 0.3) is 5.91 Å². The van der Waals surface area contributed by atoms with Crippen molar-refractivity contribution in [2.24, 2.45) is 0 Å². The van der Waals surface area contributed by atoms with Crippen LogP contribution >= 0.6 is 0 Å². The van der Waals surface area contributed by atoms with Crippen LogP contribution in [0.1, 0.15) is 48.5 Å². The summed E-state index contributed by atoms with van der Waals surface area (Å²) in [6.45, 7) is 3.69. The van der Waals surface area contributed by atoms with E-state index in [0.717, 1.165) is 19.3 Å². The van der Waals surface area contributed by atoms with Gasteiger partial charge < -0.3 is 19.7 Å². The maximum absolute atomic E-state index is 13.1. The predicted octanol–water partition coefficient (Wildman–Crippen LogP) is 3.37. The highest BCUT2D eigenvalue weighted by Crippen LogP contribution is 2.18. The number of carbonyl (C=O) groups excluding carboxylic acids is 3. The number of piperazine rings is 1. The summed E-state index contributed by atoms with van der Waals surface area (Å²) in [5.74, 6) is -0.406. The highest BCUT2D eigenvalue weighted by molar-refractivity contribution is 5.99. The van der Waals surface area contributed by atoms with E-state index in [1.807, 2.05) is 30.3 Å². The van der Waals surface area contributed by atoms with Crippen molar-refractivity contribution < 1.29 is 23.9 Å². The monoisotopic (exact) mass is 452 g/mol. The molecule has 0 bridgehead atoms. The summed E-state index contributed by atoms with van der Waals surface area (Å²) >= 11 is 0. The molecule has 0 spiro atoms. The molecular weight excluding hydrogens is 420 g/mol. The Balaban J connectivity index is 1.53.